The van der Waals surface area contributed by atoms with Gasteiger partial charge in [-0.2, -0.15) is 0 Å². The second kappa shape index (κ2) is 5.66. The third kappa shape index (κ3) is 2.65. The largest absolute Gasteiger partial charge is 0.496 e. The average Bonchev–Trinajstić information content (AvgIpc) is 2.41. The number of pyridine rings is 1. The van der Waals surface area contributed by atoms with Crippen molar-refractivity contribution in [2.24, 2.45) is 0 Å². The van der Waals surface area contributed by atoms with Crippen molar-refractivity contribution in [2.45, 2.75) is 20.5 Å². The number of aryl methyl sites for hydroxylation is 1. The Labute approximate surface area is 111 Å². The van der Waals surface area contributed by atoms with Gasteiger partial charge in [0.1, 0.15) is 18.1 Å². The van der Waals surface area contributed by atoms with Gasteiger partial charge < -0.3 is 9.47 Å². The second-order valence-electron chi connectivity index (χ2n) is 4.02. The molecular weight excluding hydrogens is 246 g/mol. The van der Waals surface area contributed by atoms with Crippen LogP contribution in [0.3, 0.4) is 0 Å². The molecule has 2 aromatic heterocycles. The Hall–Kier alpha value is -2.15. The van der Waals surface area contributed by atoms with Gasteiger partial charge in [-0.15, -0.1) is 20.4 Å². The first-order valence-electron chi connectivity index (χ1n) is 5.73. The predicted molar refractivity (Wildman–Crippen MR) is 67.6 cm³/mol. The minimum Gasteiger partial charge on any atom is -0.496 e. The molecule has 7 heteroatoms. The Morgan fingerprint density at radius 1 is 1.05 bits per heavy atom. The molecule has 2 rings (SSSR count). The van der Waals surface area contributed by atoms with Crippen LogP contribution >= 0.6 is 0 Å². The van der Waals surface area contributed by atoms with Crippen LogP contribution in [0.1, 0.15) is 17.0 Å². The monoisotopic (exact) mass is 261 g/mol. The van der Waals surface area contributed by atoms with Crippen molar-refractivity contribution in [3.63, 3.8) is 0 Å². The number of methoxy groups -OCH3 is 2. The molecule has 0 fully saturated rings. The Morgan fingerprint density at radius 2 is 1.74 bits per heavy atom. The minimum absolute atomic E-state index is 0.282. The first-order chi connectivity index (χ1) is 9.17. The van der Waals surface area contributed by atoms with Crippen LogP contribution < -0.4 is 4.74 Å². The molecule has 0 aliphatic carbocycles. The molecule has 7 nitrogen and oxygen atoms in total. The molecule has 100 valence electrons. The lowest BCUT2D eigenvalue weighted by atomic mass is 10.1. The molecule has 0 atom stereocenters. The van der Waals surface area contributed by atoms with E-state index in [1.807, 2.05) is 13.8 Å². The average molecular weight is 261 g/mol. The quantitative estimate of drug-likeness (QED) is 0.814. The van der Waals surface area contributed by atoms with E-state index in [1.54, 1.807) is 20.4 Å². The second-order valence-corrected chi connectivity index (χ2v) is 4.02. The Balaban J connectivity index is 2.41. The molecule has 2 heterocycles. The van der Waals surface area contributed by atoms with Crippen LogP contribution in [0, 0.1) is 13.8 Å². The van der Waals surface area contributed by atoms with Crippen LogP contribution in [-0.4, -0.2) is 39.6 Å². The first-order valence-corrected chi connectivity index (χ1v) is 5.73. The smallest absolute Gasteiger partial charge is 0.222 e. The molecule has 2 aromatic rings. The van der Waals surface area contributed by atoms with Crippen molar-refractivity contribution in [2.75, 3.05) is 14.2 Å². The Bertz CT molecular complexity index is 571. The van der Waals surface area contributed by atoms with E-state index in [4.69, 9.17) is 9.47 Å². The first kappa shape index (κ1) is 13.3. The SMILES string of the molecule is COCc1nnc(-c2ncc(C)c(OC)c2C)nn1. The van der Waals surface area contributed by atoms with Gasteiger partial charge in [0.2, 0.25) is 5.82 Å². The summed E-state index contributed by atoms with van der Waals surface area (Å²) in [5.41, 5.74) is 2.44. The molecule has 0 aliphatic rings. The number of aromatic nitrogens is 5. The summed E-state index contributed by atoms with van der Waals surface area (Å²) in [6, 6.07) is 0. The molecule has 0 spiro atoms. The number of hydrogen-bond donors (Lipinski definition) is 0. The zero-order valence-corrected chi connectivity index (χ0v) is 11.3. The van der Waals surface area contributed by atoms with Crippen LogP contribution in [0.4, 0.5) is 0 Å². The van der Waals surface area contributed by atoms with E-state index in [2.05, 4.69) is 25.4 Å². The van der Waals surface area contributed by atoms with Crippen LogP contribution in [-0.2, 0) is 11.3 Å². The highest BCUT2D eigenvalue weighted by Crippen LogP contribution is 2.28. The molecule has 19 heavy (non-hydrogen) atoms. The maximum Gasteiger partial charge on any atom is 0.222 e. The molecule has 0 bridgehead atoms. The number of hydrogen-bond acceptors (Lipinski definition) is 7. The Kier molecular flexibility index (Phi) is 3.96. The van der Waals surface area contributed by atoms with Crippen LogP contribution in [0.2, 0.25) is 0 Å². The topological polar surface area (TPSA) is 82.9 Å². The molecule has 0 aromatic carbocycles. The highest BCUT2D eigenvalue weighted by atomic mass is 16.5. The highest BCUT2D eigenvalue weighted by molar-refractivity contribution is 5.59. The van der Waals surface area contributed by atoms with E-state index in [9.17, 15) is 0 Å². The number of ether oxygens (including phenoxy) is 2. The van der Waals surface area contributed by atoms with E-state index in [1.165, 1.54) is 0 Å². The summed E-state index contributed by atoms with van der Waals surface area (Å²) in [7, 11) is 3.19. The normalized spacial score (nSPS) is 10.5. The summed E-state index contributed by atoms with van der Waals surface area (Å²) in [6.07, 6.45) is 1.72. The van der Waals surface area contributed by atoms with E-state index >= 15 is 0 Å². The predicted octanol–water partition coefficient (Wildman–Crippen LogP) is 1.10. The van der Waals surface area contributed by atoms with E-state index in [0.717, 1.165) is 16.9 Å². The summed E-state index contributed by atoms with van der Waals surface area (Å²) in [4.78, 5) is 4.32. The van der Waals surface area contributed by atoms with Gasteiger partial charge in [0.05, 0.1) is 7.11 Å². The van der Waals surface area contributed by atoms with Crippen molar-refractivity contribution in [3.05, 3.63) is 23.1 Å². The van der Waals surface area contributed by atoms with Gasteiger partial charge in [-0.1, -0.05) is 0 Å². The molecule has 0 amide bonds. The molecular formula is C12H15N5O2. The zero-order valence-electron chi connectivity index (χ0n) is 11.3. The summed E-state index contributed by atoms with van der Waals surface area (Å²) in [6.45, 7) is 4.12. The highest BCUT2D eigenvalue weighted by Gasteiger charge is 2.14. The molecule has 0 aliphatic heterocycles. The van der Waals surface area contributed by atoms with Crippen molar-refractivity contribution in [3.8, 4) is 17.3 Å². The van der Waals surface area contributed by atoms with Gasteiger partial charge in [0.25, 0.3) is 0 Å². The number of rotatable bonds is 4. The molecule has 0 unspecified atom stereocenters. The number of nitrogens with zero attached hydrogens (tertiary/aromatic N) is 5. The van der Waals surface area contributed by atoms with Gasteiger partial charge in [-0.3, -0.25) is 4.98 Å². The lowest BCUT2D eigenvalue weighted by Gasteiger charge is -2.10. The lowest BCUT2D eigenvalue weighted by molar-refractivity contribution is 0.175. The van der Waals surface area contributed by atoms with Crippen molar-refractivity contribution < 1.29 is 9.47 Å². The van der Waals surface area contributed by atoms with Gasteiger partial charge in [0, 0.05) is 24.4 Å². The Morgan fingerprint density at radius 3 is 2.32 bits per heavy atom. The molecule has 0 N–H and O–H groups in total. The van der Waals surface area contributed by atoms with Gasteiger partial charge in [-0.05, 0) is 13.8 Å². The van der Waals surface area contributed by atoms with Gasteiger partial charge in [0.15, 0.2) is 5.82 Å². The fourth-order valence-corrected chi connectivity index (χ4v) is 1.79. The fraction of sp³-hybridized carbons (Fsp3) is 0.417. The van der Waals surface area contributed by atoms with Crippen molar-refractivity contribution >= 4 is 0 Å². The van der Waals surface area contributed by atoms with E-state index in [-0.39, 0.29) is 6.61 Å². The van der Waals surface area contributed by atoms with Gasteiger partial charge >= 0.3 is 0 Å². The molecule has 0 radical (unpaired) electrons. The van der Waals surface area contributed by atoms with Gasteiger partial charge in [-0.25, -0.2) is 0 Å². The summed E-state index contributed by atoms with van der Waals surface area (Å²) in [5.74, 6) is 1.58. The summed E-state index contributed by atoms with van der Waals surface area (Å²) in [5, 5.41) is 15.9. The van der Waals surface area contributed by atoms with Crippen LogP contribution in [0.25, 0.3) is 11.5 Å². The third-order valence-corrected chi connectivity index (χ3v) is 2.65. The van der Waals surface area contributed by atoms with E-state index < -0.39 is 0 Å². The van der Waals surface area contributed by atoms with Crippen molar-refractivity contribution in [1.29, 1.82) is 0 Å². The standard InChI is InChI=1S/C12H15N5O2/c1-7-5-13-10(8(2)11(7)19-4)12-16-14-9(6-18-3)15-17-12/h5H,6H2,1-4H3. The molecule has 0 saturated heterocycles. The molecule has 0 saturated carbocycles. The third-order valence-electron chi connectivity index (χ3n) is 2.65. The van der Waals surface area contributed by atoms with E-state index in [0.29, 0.717) is 17.3 Å². The zero-order chi connectivity index (χ0) is 13.8. The van der Waals surface area contributed by atoms with Crippen molar-refractivity contribution in [1.82, 2.24) is 25.4 Å². The minimum atomic E-state index is 0.282. The maximum atomic E-state index is 5.34. The van der Waals surface area contributed by atoms with Crippen LogP contribution in [0.5, 0.6) is 5.75 Å². The summed E-state index contributed by atoms with van der Waals surface area (Å²) >= 11 is 0. The maximum absolute atomic E-state index is 5.34. The van der Waals surface area contributed by atoms with Crippen LogP contribution in [0.15, 0.2) is 6.20 Å². The fourth-order valence-electron chi connectivity index (χ4n) is 1.79. The lowest BCUT2D eigenvalue weighted by Crippen LogP contribution is -2.06. The summed E-state index contributed by atoms with van der Waals surface area (Å²) < 4.78 is 10.3.